The third-order valence-corrected chi connectivity index (χ3v) is 3.89. The number of carbonyl (C=O) groups is 1. The maximum Gasteiger partial charge on any atom is 0.262 e. The summed E-state index contributed by atoms with van der Waals surface area (Å²) in [6.07, 6.45) is 0. The fourth-order valence-corrected chi connectivity index (χ4v) is 2.41. The lowest BCUT2D eigenvalue weighted by molar-refractivity contribution is -0.118. The molecule has 124 valence electrons. The van der Waals surface area contributed by atoms with Crippen LogP contribution in [0.15, 0.2) is 51.4 Å². The van der Waals surface area contributed by atoms with Gasteiger partial charge in [-0.05, 0) is 42.5 Å². The first-order valence-electron chi connectivity index (χ1n) is 7.60. The van der Waals surface area contributed by atoms with Gasteiger partial charge in [0.05, 0.1) is 0 Å². The molecular weight excluding hydrogens is 372 g/mol. The molecule has 3 aromatic rings. The number of benzene rings is 2. The van der Waals surface area contributed by atoms with Crippen molar-refractivity contribution in [2.75, 3.05) is 11.9 Å². The van der Waals surface area contributed by atoms with Crippen LogP contribution in [-0.2, 0) is 4.79 Å². The Morgan fingerprint density at radius 1 is 1.25 bits per heavy atom. The molecule has 0 bridgehead atoms. The normalized spacial score (nSPS) is 11.0. The van der Waals surface area contributed by atoms with Crippen LogP contribution in [0.4, 0.5) is 5.69 Å². The van der Waals surface area contributed by atoms with Crippen molar-refractivity contribution in [2.24, 2.45) is 0 Å². The molecule has 0 radical (unpaired) electrons. The lowest BCUT2D eigenvalue weighted by Crippen LogP contribution is -2.20. The van der Waals surface area contributed by atoms with Gasteiger partial charge in [-0.2, -0.15) is 0 Å². The minimum Gasteiger partial charge on any atom is -0.484 e. The minimum absolute atomic E-state index is 0.0598. The standard InChI is InChI=1S/C18H17BrN2O3/c1-11(2)18-21-15-9-13(5-8-16(15)24-18)20-17(22)10-23-14-6-3-12(19)4-7-14/h3-9,11H,10H2,1-2H3,(H,20,22). The van der Waals surface area contributed by atoms with Crippen LogP contribution in [0, 0.1) is 0 Å². The summed E-state index contributed by atoms with van der Waals surface area (Å²) in [5.41, 5.74) is 2.10. The lowest BCUT2D eigenvalue weighted by Gasteiger charge is -2.07. The number of hydrogen-bond donors (Lipinski definition) is 1. The molecule has 0 spiro atoms. The van der Waals surface area contributed by atoms with E-state index in [0.29, 0.717) is 22.9 Å². The van der Waals surface area contributed by atoms with E-state index in [0.717, 1.165) is 9.99 Å². The van der Waals surface area contributed by atoms with Gasteiger partial charge in [-0.15, -0.1) is 0 Å². The molecule has 0 saturated heterocycles. The number of halogens is 1. The highest BCUT2D eigenvalue weighted by molar-refractivity contribution is 9.10. The molecular formula is C18H17BrN2O3. The fourth-order valence-electron chi connectivity index (χ4n) is 2.15. The van der Waals surface area contributed by atoms with Crippen molar-refractivity contribution in [3.8, 4) is 5.75 Å². The van der Waals surface area contributed by atoms with Crippen molar-refractivity contribution in [2.45, 2.75) is 19.8 Å². The summed E-state index contributed by atoms with van der Waals surface area (Å²) in [4.78, 5) is 16.4. The third kappa shape index (κ3) is 3.94. The number of ether oxygens (including phenoxy) is 1. The highest BCUT2D eigenvalue weighted by Crippen LogP contribution is 2.23. The smallest absolute Gasteiger partial charge is 0.262 e. The second kappa shape index (κ2) is 7.05. The van der Waals surface area contributed by atoms with Gasteiger partial charge < -0.3 is 14.5 Å². The summed E-state index contributed by atoms with van der Waals surface area (Å²) in [5, 5.41) is 2.80. The summed E-state index contributed by atoms with van der Waals surface area (Å²) in [7, 11) is 0. The number of aromatic nitrogens is 1. The number of rotatable bonds is 5. The predicted octanol–water partition coefficient (Wildman–Crippen LogP) is 4.73. The number of nitrogens with one attached hydrogen (secondary N) is 1. The minimum atomic E-state index is -0.232. The van der Waals surface area contributed by atoms with Gasteiger partial charge in [-0.1, -0.05) is 29.8 Å². The van der Waals surface area contributed by atoms with Crippen molar-refractivity contribution in [3.63, 3.8) is 0 Å². The molecule has 24 heavy (non-hydrogen) atoms. The van der Waals surface area contributed by atoms with Crippen LogP contribution < -0.4 is 10.1 Å². The van der Waals surface area contributed by atoms with E-state index in [-0.39, 0.29) is 18.4 Å². The maximum absolute atomic E-state index is 12.0. The number of nitrogens with zero attached hydrogens (tertiary/aromatic N) is 1. The van der Waals surface area contributed by atoms with E-state index in [2.05, 4.69) is 26.2 Å². The zero-order valence-corrected chi connectivity index (χ0v) is 15.0. The number of hydrogen-bond acceptors (Lipinski definition) is 4. The second-order valence-electron chi connectivity index (χ2n) is 5.68. The van der Waals surface area contributed by atoms with Crippen LogP contribution in [0.2, 0.25) is 0 Å². The first-order valence-corrected chi connectivity index (χ1v) is 8.39. The van der Waals surface area contributed by atoms with Crippen molar-refractivity contribution < 1.29 is 13.9 Å². The van der Waals surface area contributed by atoms with Crippen molar-refractivity contribution in [1.29, 1.82) is 0 Å². The monoisotopic (exact) mass is 388 g/mol. The topological polar surface area (TPSA) is 64.4 Å². The van der Waals surface area contributed by atoms with E-state index >= 15 is 0 Å². The Morgan fingerprint density at radius 2 is 2.00 bits per heavy atom. The van der Waals surface area contributed by atoms with Gasteiger partial charge in [0.1, 0.15) is 11.3 Å². The van der Waals surface area contributed by atoms with Crippen LogP contribution in [-0.4, -0.2) is 17.5 Å². The van der Waals surface area contributed by atoms with E-state index in [1.165, 1.54) is 0 Å². The van der Waals surface area contributed by atoms with E-state index in [1.807, 2.05) is 26.0 Å². The molecule has 1 aromatic heterocycles. The zero-order valence-electron chi connectivity index (χ0n) is 13.4. The molecule has 0 saturated carbocycles. The Morgan fingerprint density at radius 3 is 2.71 bits per heavy atom. The number of carbonyl (C=O) groups excluding carboxylic acids is 1. The van der Waals surface area contributed by atoms with Gasteiger partial charge in [-0.3, -0.25) is 4.79 Å². The molecule has 1 amide bonds. The van der Waals surface area contributed by atoms with Crippen LogP contribution in [0.25, 0.3) is 11.1 Å². The Hall–Kier alpha value is -2.34. The average molecular weight is 389 g/mol. The van der Waals surface area contributed by atoms with Gasteiger partial charge in [0.15, 0.2) is 18.1 Å². The molecule has 2 aromatic carbocycles. The highest BCUT2D eigenvalue weighted by Gasteiger charge is 2.11. The Bertz CT molecular complexity index is 856. The molecule has 0 unspecified atom stereocenters. The Balaban J connectivity index is 1.63. The summed E-state index contributed by atoms with van der Waals surface area (Å²) >= 11 is 3.35. The average Bonchev–Trinajstić information content (AvgIpc) is 2.98. The first-order chi connectivity index (χ1) is 11.5. The molecule has 0 aliphatic carbocycles. The molecule has 6 heteroatoms. The quantitative estimate of drug-likeness (QED) is 0.685. The van der Waals surface area contributed by atoms with Gasteiger partial charge in [0.25, 0.3) is 5.91 Å². The van der Waals surface area contributed by atoms with E-state index in [1.54, 1.807) is 30.3 Å². The SMILES string of the molecule is CC(C)c1nc2cc(NC(=O)COc3ccc(Br)cc3)ccc2o1. The number of oxazole rings is 1. The number of fused-ring (bicyclic) bond motifs is 1. The highest BCUT2D eigenvalue weighted by atomic mass is 79.9. The summed E-state index contributed by atoms with van der Waals surface area (Å²) in [6, 6.07) is 12.7. The van der Waals surface area contributed by atoms with Gasteiger partial charge in [0.2, 0.25) is 0 Å². The fraction of sp³-hybridized carbons (Fsp3) is 0.222. The van der Waals surface area contributed by atoms with Crippen LogP contribution in [0.1, 0.15) is 25.7 Å². The summed E-state index contributed by atoms with van der Waals surface area (Å²) in [5.74, 6) is 1.31. The predicted molar refractivity (Wildman–Crippen MR) is 96.4 cm³/mol. The van der Waals surface area contributed by atoms with Crippen LogP contribution in [0.5, 0.6) is 5.75 Å². The van der Waals surface area contributed by atoms with E-state index in [9.17, 15) is 4.79 Å². The lowest BCUT2D eigenvalue weighted by atomic mass is 10.2. The molecule has 0 fully saturated rings. The van der Waals surface area contributed by atoms with Crippen molar-refractivity contribution in [3.05, 3.63) is 52.8 Å². The molecule has 3 rings (SSSR count). The van der Waals surface area contributed by atoms with Crippen molar-refractivity contribution in [1.82, 2.24) is 4.98 Å². The number of anilines is 1. The van der Waals surface area contributed by atoms with Crippen LogP contribution >= 0.6 is 15.9 Å². The molecule has 5 nitrogen and oxygen atoms in total. The van der Waals surface area contributed by atoms with Gasteiger partial charge >= 0.3 is 0 Å². The molecule has 1 heterocycles. The van der Waals surface area contributed by atoms with Gasteiger partial charge in [0, 0.05) is 16.1 Å². The maximum atomic E-state index is 12.0. The third-order valence-electron chi connectivity index (χ3n) is 3.37. The van der Waals surface area contributed by atoms with Gasteiger partial charge in [-0.25, -0.2) is 4.98 Å². The zero-order chi connectivity index (χ0) is 17.1. The first kappa shape index (κ1) is 16.5. The Kier molecular flexibility index (Phi) is 4.85. The molecule has 0 aliphatic rings. The Labute approximate surface area is 148 Å². The summed E-state index contributed by atoms with van der Waals surface area (Å²) < 4.78 is 12.1. The molecule has 0 atom stereocenters. The largest absolute Gasteiger partial charge is 0.484 e. The molecule has 0 aliphatic heterocycles. The number of amides is 1. The summed E-state index contributed by atoms with van der Waals surface area (Å²) in [6.45, 7) is 3.98. The second-order valence-corrected chi connectivity index (χ2v) is 6.60. The molecule has 1 N–H and O–H groups in total. The van der Waals surface area contributed by atoms with E-state index < -0.39 is 0 Å². The van der Waals surface area contributed by atoms with Crippen LogP contribution in [0.3, 0.4) is 0 Å². The van der Waals surface area contributed by atoms with E-state index in [4.69, 9.17) is 9.15 Å². The van der Waals surface area contributed by atoms with Crippen molar-refractivity contribution >= 4 is 38.6 Å².